The van der Waals surface area contributed by atoms with Crippen LogP contribution in [0, 0.1) is 0 Å². The second-order valence-electron chi connectivity index (χ2n) is 5.36. The molecule has 1 aliphatic heterocycles. The summed E-state index contributed by atoms with van der Waals surface area (Å²) in [6.45, 7) is 2.49. The van der Waals surface area contributed by atoms with Crippen LogP contribution in [0.1, 0.15) is 11.1 Å². The Morgan fingerprint density at radius 2 is 1.96 bits per heavy atom. The third-order valence-corrected chi connectivity index (χ3v) is 6.24. The van der Waals surface area contributed by atoms with E-state index in [1.165, 1.54) is 11.1 Å². The number of hydrogen-bond acceptors (Lipinski definition) is 4. The van der Waals surface area contributed by atoms with Gasteiger partial charge < -0.3 is 4.90 Å². The second kappa shape index (κ2) is 8.18. The summed E-state index contributed by atoms with van der Waals surface area (Å²) in [5.41, 5.74) is 2.41. The Morgan fingerprint density at radius 3 is 2.61 bits per heavy atom. The number of halogens is 2. The first-order valence-corrected chi connectivity index (χ1v) is 9.78. The van der Waals surface area contributed by atoms with E-state index in [-0.39, 0.29) is 0 Å². The number of hydrogen-bond donors (Lipinski definition) is 0. The summed E-state index contributed by atoms with van der Waals surface area (Å²) in [6.07, 6.45) is 3.72. The minimum atomic E-state index is 0.520. The number of pyridine rings is 1. The van der Waals surface area contributed by atoms with Crippen LogP contribution in [0.25, 0.3) is 0 Å². The molecule has 1 aliphatic rings. The quantitative estimate of drug-likeness (QED) is 0.674. The molecule has 0 saturated heterocycles. The number of nitrogens with zero attached hydrogens (tertiary/aromatic N) is 3. The number of rotatable bonds is 5. The lowest BCUT2D eigenvalue weighted by Crippen LogP contribution is -2.27. The lowest BCUT2D eigenvalue weighted by molar-refractivity contribution is 0.414. The van der Waals surface area contributed by atoms with E-state index in [1.54, 1.807) is 6.20 Å². The third kappa shape index (κ3) is 4.72. The van der Waals surface area contributed by atoms with Gasteiger partial charge in [0.1, 0.15) is 0 Å². The van der Waals surface area contributed by atoms with Gasteiger partial charge in [-0.15, -0.1) is 0 Å². The molecule has 0 saturated carbocycles. The molecule has 0 radical (unpaired) electrons. The van der Waals surface area contributed by atoms with Crippen LogP contribution in [0.4, 0.5) is 0 Å². The van der Waals surface area contributed by atoms with Crippen molar-refractivity contribution >= 4 is 44.5 Å². The highest BCUT2D eigenvalue weighted by atomic mass is 79.9. The molecule has 0 N–H and O–H groups in total. The molecule has 1 unspecified atom stereocenters. The topological polar surface area (TPSA) is 28.5 Å². The van der Waals surface area contributed by atoms with Crippen molar-refractivity contribution < 1.29 is 0 Å². The minimum Gasteiger partial charge on any atom is -0.343 e. The summed E-state index contributed by atoms with van der Waals surface area (Å²) in [5, 5.41) is 3.35. The number of amidine groups is 1. The first-order valence-electron chi connectivity index (χ1n) is 7.40. The molecule has 2 aromatic rings. The predicted octanol–water partition coefficient (Wildman–Crippen LogP) is 4.60. The molecule has 0 aliphatic carbocycles. The summed E-state index contributed by atoms with van der Waals surface area (Å²) in [6, 6.07) is 12.1. The fourth-order valence-corrected chi connectivity index (χ4v) is 4.04. The Hall–Kier alpha value is -1.04. The van der Waals surface area contributed by atoms with Gasteiger partial charge in [0.25, 0.3) is 0 Å². The van der Waals surface area contributed by atoms with Crippen LogP contribution in [-0.2, 0) is 13.1 Å². The van der Waals surface area contributed by atoms with E-state index in [0.29, 0.717) is 5.25 Å². The van der Waals surface area contributed by atoms with Gasteiger partial charge in [-0.3, -0.25) is 9.98 Å². The molecular weight excluding hydrogens is 394 g/mol. The van der Waals surface area contributed by atoms with Gasteiger partial charge in [0.05, 0.1) is 6.54 Å². The molecular formula is C17H17BrClN3S. The lowest BCUT2D eigenvalue weighted by Gasteiger charge is -2.24. The first-order chi connectivity index (χ1) is 11.2. The smallest absolute Gasteiger partial charge is 0.160 e. The van der Waals surface area contributed by atoms with Crippen molar-refractivity contribution in [3.8, 4) is 0 Å². The summed E-state index contributed by atoms with van der Waals surface area (Å²) >= 11 is 11.4. The average molecular weight is 411 g/mol. The maximum atomic E-state index is 5.99. The Kier molecular flexibility index (Phi) is 5.97. The van der Waals surface area contributed by atoms with Gasteiger partial charge in [-0.2, -0.15) is 0 Å². The second-order valence-corrected chi connectivity index (χ2v) is 7.71. The minimum absolute atomic E-state index is 0.520. The van der Waals surface area contributed by atoms with Gasteiger partial charge in [-0.25, -0.2) is 0 Å². The summed E-state index contributed by atoms with van der Waals surface area (Å²) < 4.78 is 0. The number of benzene rings is 1. The molecule has 3 rings (SSSR count). The predicted molar refractivity (Wildman–Crippen MR) is 102 cm³/mol. The van der Waals surface area contributed by atoms with E-state index in [0.717, 1.165) is 35.2 Å². The zero-order valence-electron chi connectivity index (χ0n) is 12.5. The van der Waals surface area contributed by atoms with Crippen molar-refractivity contribution in [1.29, 1.82) is 0 Å². The van der Waals surface area contributed by atoms with E-state index < -0.39 is 0 Å². The average Bonchev–Trinajstić information content (AvgIpc) is 3.06. The van der Waals surface area contributed by atoms with E-state index in [1.807, 2.05) is 36.2 Å². The van der Waals surface area contributed by atoms with Crippen LogP contribution in [0.2, 0.25) is 5.02 Å². The number of aromatic nitrogens is 1. The molecule has 0 fully saturated rings. The molecule has 0 bridgehead atoms. The summed E-state index contributed by atoms with van der Waals surface area (Å²) in [7, 11) is 0. The highest BCUT2D eigenvalue weighted by molar-refractivity contribution is 9.09. The van der Waals surface area contributed by atoms with Crippen molar-refractivity contribution in [2.75, 3.05) is 11.9 Å². The van der Waals surface area contributed by atoms with Gasteiger partial charge in [0.15, 0.2) is 5.17 Å². The SMILES string of the molecule is Clc1ccc(CN(Cc2cccnc2)C2=NCC(CBr)S2)cc1. The van der Waals surface area contributed by atoms with Crippen LogP contribution in [0.3, 0.4) is 0 Å². The lowest BCUT2D eigenvalue weighted by atomic mass is 10.2. The molecule has 3 nitrogen and oxygen atoms in total. The molecule has 0 spiro atoms. The monoisotopic (exact) mass is 409 g/mol. The largest absolute Gasteiger partial charge is 0.343 e. The molecule has 1 atom stereocenters. The Bertz CT molecular complexity index is 663. The van der Waals surface area contributed by atoms with Crippen molar-refractivity contribution in [2.45, 2.75) is 18.3 Å². The van der Waals surface area contributed by atoms with Crippen molar-refractivity contribution in [2.24, 2.45) is 4.99 Å². The van der Waals surface area contributed by atoms with E-state index in [4.69, 9.17) is 16.6 Å². The summed E-state index contributed by atoms with van der Waals surface area (Å²) in [5.74, 6) is 0. The van der Waals surface area contributed by atoms with Crippen LogP contribution in [-0.4, -0.2) is 32.2 Å². The zero-order chi connectivity index (χ0) is 16.1. The van der Waals surface area contributed by atoms with Crippen LogP contribution < -0.4 is 0 Å². The molecule has 1 aromatic heterocycles. The van der Waals surface area contributed by atoms with Crippen molar-refractivity contribution in [3.05, 3.63) is 64.9 Å². The molecule has 6 heteroatoms. The highest BCUT2D eigenvalue weighted by Gasteiger charge is 2.23. The Balaban J connectivity index is 1.77. The molecule has 1 aromatic carbocycles. The fourth-order valence-electron chi connectivity index (χ4n) is 2.37. The van der Waals surface area contributed by atoms with Crippen molar-refractivity contribution in [1.82, 2.24) is 9.88 Å². The van der Waals surface area contributed by atoms with E-state index in [9.17, 15) is 0 Å². The van der Waals surface area contributed by atoms with Crippen LogP contribution >= 0.6 is 39.3 Å². The molecule has 120 valence electrons. The van der Waals surface area contributed by atoms with Gasteiger partial charge >= 0.3 is 0 Å². The maximum absolute atomic E-state index is 5.99. The van der Waals surface area contributed by atoms with Crippen LogP contribution in [0.15, 0.2) is 53.8 Å². The van der Waals surface area contributed by atoms with Gasteiger partial charge in [-0.1, -0.05) is 57.5 Å². The third-order valence-electron chi connectivity index (χ3n) is 3.53. The van der Waals surface area contributed by atoms with E-state index in [2.05, 4.69) is 44.0 Å². The van der Waals surface area contributed by atoms with Gasteiger partial charge in [0.2, 0.25) is 0 Å². The molecule has 0 amide bonds. The number of alkyl halides is 1. The summed E-state index contributed by atoms with van der Waals surface area (Å²) in [4.78, 5) is 11.3. The first kappa shape index (κ1) is 16.8. The maximum Gasteiger partial charge on any atom is 0.160 e. The van der Waals surface area contributed by atoms with E-state index >= 15 is 0 Å². The standard InChI is InChI=1S/C17H17BrClN3S/c18-8-16-10-21-17(23-16)22(12-14-2-1-7-20-9-14)11-13-3-5-15(19)6-4-13/h1-7,9,16H,8,10-12H2. The normalized spacial score (nSPS) is 17.1. The van der Waals surface area contributed by atoms with Gasteiger partial charge in [-0.05, 0) is 29.3 Å². The molecule has 23 heavy (non-hydrogen) atoms. The van der Waals surface area contributed by atoms with Crippen molar-refractivity contribution in [3.63, 3.8) is 0 Å². The Morgan fingerprint density at radius 1 is 1.17 bits per heavy atom. The van der Waals surface area contributed by atoms with Crippen LogP contribution in [0.5, 0.6) is 0 Å². The van der Waals surface area contributed by atoms with Gasteiger partial charge in [0, 0.05) is 41.1 Å². The highest BCUT2D eigenvalue weighted by Crippen LogP contribution is 2.27. The fraction of sp³-hybridized carbons (Fsp3) is 0.294. The number of thioether (sulfide) groups is 1. The zero-order valence-corrected chi connectivity index (χ0v) is 15.7. The Labute approximate surface area is 154 Å². The number of aliphatic imine (C=N–C) groups is 1. The molecule has 2 heterocycles.